The molecule has 2 N–H and O–H groups in total. The van der Waals surface area contributed by atoms with Crippen molar-refractivity contribution in [2.24, 2.45) is 0 Å². The Bertz CT molecular complexity index is 653. The molecule has 3 rings (SSSR count). The second-order valence-electron chi connectivity index (χ2n) is 4.94. The predicted molar refractivity (Wildman–Crippen MR) is 71.6 cm³/mol. The number of nitrogens with zero attached hydrogens (tertiary/aromatic N) is 1. The highest BCUT2D eigenvalue weighted by Crippen LogP contribution is 2.39. The minimum atomic E-state index is -0.581. The van der Waals surface area contributed by atoms with E-state index in [-0.39, 0.29) is 5.91 Å². The summed E-state index contributed by atoms with van der Waals surface area (Å²) in [4.78, 5) is 25.1. The fourth-order valence-electron chi connectivity index (χ4n) is 2.09. The van der Waals surface area contributed by atoms with Crippen LogP contribution in [0.4, 0.5) is 0 Å². The van der Waals surface area contributed by atoms with Crippen molar-refractivity contribution in [3.8, 4) is 0 Å². The lowest BCUT2D eigenvalue weighted by atomic mass is 10.1. The first kappa shape index (κ1) is 12.7. The van der Waals surface area contributed by atoms with Crippen molar-refractivity contribution in [3.05, 3.63) is 51.8 Å². The second kappa shape index (κ2) is 5.32. The van der Waals surface area contributed by atoms with Crippen LogP contribution in [-0.2, 0) is 6.42 Å². The lowest BCUT2D eigenvalue weighted by Gasteiger charge is -2.04. The molecule has 1 aliphatic carbocycles. The third-order valence-corrected chi connectivity index (χ3v) is 3.35. The number of benzene rings is 1. The number of nitrogens with one attached hydrogen (secondary N) is 2. The monoisotopic (exact) mass is 273 g/mol. The van der Waals surface area contributed by atoms with Crippen LogP contribution < -0.4 is 11.1 Å². The topological polar surface area (TPSA) is 88.0 Å². The molecule has 0 bridgehead atoms. The molecule has 1 aliphatic rings. The van der Waals surface area contributed by atoms with Crippen molar-refractivity contribution < 1.29 is 9.32 Å². The largest absolute Gasteiger partial charge is 0.438 e. The van der Waals surface area contributed by atoms with Crippen molar-refractivity contribution in [2.75, 3.05) is 6.54 Å². The molecule has 1 amide bonds. The second-order valence-corrected chi connectivity index (χ2v) is 4.94. The van der Waals surface area contributed by atoms with Gasteiger partial charge in [0.2, 0.25) is 0 Å². The first-order valence-corrected chi connectivity index (χ1v) is 6.65. The summed E-state index contributed by atoms with van der Waals surface area (Å²) >= 11 is 0. The minimum absolute atomic E-state index is 0.127. The molecule has 0 unspecified atom stereocenters. The molecule has 1 fully saturated rings. The van der Waals surface area contributed by atoms with Gasteiger partial charge in [-0.2, -0.15) is 0 Å². The maximum absolute atomic E-state index is 11.9. The number of aromatic amines is 1. The van der Waals surface area contributed by atoms with Gasteiger partial charge >= 0.3 is 5.76 Å². The molecule has 0 aliphatic heterocycles. The summed E-state index contributed by atoms with van der Waals surface area (Å²) in [5.41, 5.74) is 1.95. The van der Waals surface area contributed by atoms with Gasteiger partial charge in [-0.15, -0.1) is 0 Å². The Kier molecular flexibility index (Phi) is 3.37. The van der Waals surface area contributed by atoms with Crippen LogP contribution >= 0.6 is 0 Å². The van der Waals surface area contributed by atoms with Crippen LogP contribution in [0.5, 0.6) is 0 Å². The van der Waals surface area contributed by atoms with E-state index in [9.17, 15) is 9.59 Å². The van der Waals surface area contributed by atoms with E-state index in [1.165, 1.54) is 18.4 Å². The van der Waals surface area contributed by atoms with Crippen LogP contribution in [-0.4, -0.2) is 22.6 Å². The van der Waals surface area contributed by atoms with E-state index in [1.54, 1.807) is 0 Å². The Hall–Kier alpha value is -2.37. The number of carbonyl (C=O) groups excluding carboxylic acids is 1. The summed E-state index contributed by atoms with van der Waals surface area (Å²) in [5.74, 6) is 0.413. The van der Waals surface area contributed by atoms with Gasteiger partial charge in [-0.05, 0) is 36.5 Å². The van der Waals surface area contributed by atoms with E-state index in [4.69, 9.17) is 0 Å². The quantitative estimate of drug-likeness (QED) is 0.857. The smallest absolute Gasteiger partial charge is 0.352 e. The van der Waals surface area contributed by atoms with Gasteiger partial charge in [-0.3, -0.25) is 14.3 Å². The SMILES string of the molecule is O=C(NCCc1noc(=O)[nH]1)c1ccc(C2CC2)cc1. The van der Waals surface area contributed by atoms with Gasteiger partial charge < -0.3 is 5.32 Å². The molecule has 1 saturated carbocycles. The zero-order valence-corrected chi connectivity index (χ0v) is 10.9. The summed E-state index contributed by atoms with van der Waals surface area (Å²) in [6.07, 6.45) is 2.93. The lowest BCUT2D eigenvalue weighted by molar-refractivity contribution is 0.0954. The summed E-state index contributed by atoms with van der Waals surface area (Å²) in [7, 11) is 0. The molecule has 0 radical (unpaired) electrons. The third-order valence-electron chi connectivity index (χ3n) is 3.35. The minimum Gasteiger partial charge on any atom is -0.352 e. The number of H-pyrrole nitrogens is 1. The van der Waals surface area contributed by atoms with Gasteiger partial charge in [-0.25, -0.2) is 4.79 Å². The standard InChI is InChI=1S/C14H15N3O3/c18-13(15-8-7-12-16-14(19)20-17-12)11-5-3-10(4-6-11)9-1-2-9/h3-6,9H,1-2,7-8H2,(H,15,18)(H,16,17,19). The highest BCUT2D eigenvalue weighted by atomic mass is 16.5. The molecule has 1 heterocycles. The molecule has 2 aromatic rings. The molecule has 0 saturated heterocycles. The van der Waals surface area contributed by atoms with E-state index in [2.05, 4.69) is 20.0 Å². The fourth-order valence-corrected chi connectivity index (χ4v) is 2.09. The van der Waals surface area contributed by atoms with E-state index >= 15 is 0 Å². The lowest BCUT2D eigenvalue weighted by Crippen LogP contribution is -2.26. The summed E-state index contributed by atoms with van der Waals surface area (Å²) in [6.45, 7) is 0.395. The number of aromatic nitrogens is 2. The zero-order chi connectivity index (χ0) is 13.9. The fraction of sp³-hybridized carbons (Fsp3) is 0.357. The van der Waals surface area contributed by atoms with Gasteiger partial charge in [-0.1, -0.05) is 17.3 Å². The Morgan fingerprint density at radius 3 is 2.70 bits per heavy atom. The molecule has 0 atom stereocenters. The summed E-state index contributed by atoms with van der Waals surface area (Å²) in [6, 6.07) is 7.73. The molecule has 1 aromatic heterocycles. The average Bonchev–Trinajstić information content (AvgIpc) is 3.23. The molecule has 104 valence electrons. The number of hydrogen-bond acceptors (Lipinski definition) is 4. The van der Waals surface area contributed by atoms with Crippen LogP contribution in [0, 0.1) is 0 Å². The Balaban J connectivity index is 1.51. The van der Waals surface area contributed by atoms with Crippen molar-refractivity contribution in [1.82, 2.24) is 15.5 Å². The highest BCUT2D eigenvalue weighted by molar-refractivity contribution is 5.94. The van der Waals surface area contributed by atoms with E-state index in [1.807, 2.05) is 24.3 Å². The van der Waals surface area contributed by atoms with Crippen molar-refractivity contribution >= 4 is 5.91 Å². The zero-order valence-electron chi connectivity index (χ0n) is 10.9. The van der Waals surface area contributed by atoms with Gasteiger partial charge in [0.1, 0.15) is 0 Å². The number of carbonyl (C=O) groups is 1. The van der Waals surface area contributed by atoms with Gasteiger partial charge in [0.25, 0.3) is 5.91 Å². The predicted octanol–water partition coefficient (Wildman–Crippen LogP) is 1.21. The third kappa shape index (κ3) is 2.96. The molecule has 0 spiro atoms. The first-order chi connectivity index (χ1) is 9.72. The highest BCUT2D eigenvalue weighted by Gasteiger charge is 2.23. The molecular weight excluding hydrogens is 258 g/mol. The molecule has 1 aromatic carbocycles. The summed E-state index contributed by atoms with van der Waals surface area (Å²) in [5, 5.41) is 6.31. The average molecular weight is 273 g/mol. The molecule has 20 heavy (non-hydrogen) atoms. The van der Waals surface area contributed by atoms with Crippen LogP contribution in [0.3, 0.4) is 0 Å². The van der Waals surface area contributed by atoms with E-state index in [0.29, 0.717) is 30.3 Å². The normalized spacial score (nSPS) is 14.2. The van der Waals surface area contributed by atoms with Crippen LogP contribution in [0.25, 0.3) is 0 Å². The number of amides is 1. The first-order valence-electron chi connectivity index (χ1n) is 6.65. The molecule has 6 heteroatoms. The van der Waals surface area contributed by atoms with Crippen molar-refractivity contribution in [1.29, 1.82) is 0 Å². The summed E-state index contributed by atoms with van der Waals surface area (Å²) < 4.78 is 4.37. The van der Waals surface area contributed by atoms with Crippen LogP contribution in [0.2, 0.25) is 0 Å². The number of rotatable bonds is 5. The van der Waals surface area contributed by atoms with Gasteiger partial charge in [0, 0.05) is 18.5 Å². The van der Waals surface area contributed by atoms with E-state index in [0.717, 1.165) is 0 Å². The maximum Gasteiger partial charge on any atom is 0.438 e. The van der Waals surface area contributed by atoms with Crippen LogP contribution in [0.1, 0.15) is 40.5 Å². The van der Waals surface area contributed by atoms with E-state index < -0.39 is 5.76 Å². The Labute approximate surface area is 115 Å². The number of hydrogen-bond donors (Lipinski definition) is 2. The maximum atomic E-state index is 11.9. The van der Waals surface area contributed by atoms with Crippen LogP contribution in [0.15, 0.2) is 33.6 Å². The van der Waals surface area contributed by atoms with Crippen molar-refractivity contribution in [3.63, 3.8) is 0 Å². The van der Waals surface area contributed by atoms with Gasteiger partial charge in [0.05, 0.1) is 0 Å². The van der Waals surface area contributed by atoms with Gasteiger partial charge in [0.15, 0.2) is 5.82 Å². The Morgan fingerprint density at radius 1 is 1.35 bits per heavy atom. The molecular formula is C14H15N3O3. The Morgan fingerprint density at radius 2 is 2.10 bits per heavy atom. The van der Waals surface area contributed by atoms with Crippen molar-refractivity contribution in [2.45, 2.75) is 25.2 Å². The molecule has 6 nitrogen and oxygen atoms in total.